The monoisotopic (exact) mass is 269 g/mol. The lowest BCUT2D eigenvalue weighted by molar-refractivity contribution is -0.175. The molecule has 1 heterocycles. The van der Waals surface area contributed by atoms with Crippen molar-refractivity contribution in [1.29, 1.82) is 0 Å². The minimum atomic E-state index is -5.07. The van der Waals surface area contributed by atoms with Crippen LogP contribution in [-0.4, -0.2) is 42.4 Å². The van der Waals surface area contributed by atoms with Crippen molar-refractivity contribution in [3.63, 3.8) is 0 Å². The van der Waals surface area contributed by atoms with Crippen LogP contribution in [0.5, 0.6) is 0 Å². The van der Waals surface area contributed by atoms with E-state index in [9.17, 15) is 22.8 Å². The van der Waals surface area contributed by atoms with Gasteiger partial charge in [0.15, 0.2) is 0 Å². The van der Waals surface area contributed by atoms with Crippen molar-refractivity contribution < 1.29 is 32.6 Å². The van der Waals surface area contributed by atoms with Gasteiger partial charge < -0.3 is 15.2 Å². The normalized spacial score (nSPS) is 19.3. The van der Waals surface area contributed by atoms with E-state index in [0.29, 0.717) is 26.1 Å². The summed E-state index contributed by atoms with van der Waals surface area (Å²) in [7, 11) is 0. The maximum absolute atomic E-state index is 12.0. The molecule has 1 aliphatic rings. The standard InChI is InChI=1S/C10H14F3NO4/c11-10(12,13)9(17)14-7(8(15)16)5-6-1-3-18-4-2-6/h6-7H,1-5H2,(H,14,17)(H,15,16). The second kappa shape index (κ2) is 6.03. The largest absolute Gasteiger partial charge is 0.480 e. The van der Waals surface area contributed by atoms with E-state index in [1.807, 2.05) is 0 Å². The third-order valence-corrected chi connectivity index (χ3v) is 2.77. The fraction of sp³-hybridized carbons (Fsp3) is 0.800. The van der Waals surface area contributed by atoms with Gasteiger partial charge in [0, 0.05) is 13.2 Å². The van der Waals surface area contributed by atoms with Crippen LogP contribution < -0.4 is 5.32 Å². The molecular weight excluding hydrogens is 255 g/mol. The van der Waals surface area contributed by atoms with Gasteiger partial charge in [0.1, 0.15) is 6.04 Å². The van der Waals surface area contributed by atoms with E-state index in [4.69, 9.17) is 9.84 Å². The van der Waals surface area contributed by atoms with Crippen LogP contribution in [0.25, 0.3) is 0 Å². The zero-order valence-corrected chi connectivity index (χ0v) is 9.50. The molecule has 0 spiro atoms. The molecule has 8 heteroatoms. The van der Waals surface area contributed by atoms with E-state index < -0.39 is 24.1 Å². The highest BCUT2D eigenvalue weighted by Crippen LogP contribution is 2.21. The smallest absolute Gasteiger partial charge is 0.471 e. The van der Waals surface area contributed by atoms with Crippen molar-refractivity contribution in [1.82, 2.24) is 5.32 Å². The number of aliphatic carboxylic acids is 1. The summed E-state index contributed by atoms with van der Waals surface area (Å²) in [6.07, 6.45) is -3.90. The molecule has 5 nitrogen and oxygen atoms in total. The number of halogens is 3. The van der Waals surface area contributed by atoms with E-state index in [1.54, 1.807) is 0 Å². The van der Waals surface area contributed by atoms with Gasteiger partial charge in [-0.05, 0) is 25.2 Å². The first-order valence-corrected chi connectivity index (χ1v) is 5.49. The third kappa shape index (κ3) is 4.52. The van der Waals surface area contributed by atoms with Crippen molar-refractivity contribution in [2.75, 3.05) is 13.2 Å². The molecule has 0 aromatic carbocycles. The molecule has 1 atom stereocenters. The number of carboxylic acid groups (broad SMARTS) is 1. The fourth-order valence-corrected chi connectivity index (χ4v) is 1.78. The topological polar surface area (TPSA) is 75.6 Å². The zero-order valence-electron chi connectivity index (χ0n) is 9.50. The van der Waals surface area contributed by atoms with Crippen LogP contribution in [0.2, 0.25) is 0 Å². The number of rotatable bonds is 4. The molecule has 0 radical (unpaired) electrons. The highest BCUT2D eigenvalue weighted by Gasteiger charge is 2.41. The molecule has 0 saturated carbocycles. The second-order valence-corrected chi connectivity index (χ2v) is 4.15. The molecule has 1 rings (SSSR count). The molecule has 1 saturated heterocycles. The van der Waals surface area contributed by atoms with Gasteiger partial charge >= 0.3 is 18.1 Å². The average Bonchev–Trinajstić information content (AvgIpc) is 2.28. The maximum atomic E-state index is 12.0. The van der Waals surface area contributed by atoms with Gasteiger partial charge in [-0.2, -0.15) is 13.2 Å². The zero-order chi connectivity index (χ0) is 13.8. The molecular formula is C10H14F3NO4. The lowest BCUT2D eigenvalue weighted by atomic mass is 9.92. The molecule has 0 aromatic rings. The molecule has 1 amide bonds. The highest BCUT2D eigenvalue weighted by atomic mass is 19.4. The SMILES string of the molecule is O=C(O)C(CC1CCOCC1)NC(=O)C(F)(F)F. The first kappa shape index (κ1) is 14.7. The van der Waals surface area contributed by atoms with Gasteiger partial charge in [-0.1, -0.05) is 0 Å². The second-order valence-electron chi connectivity index (χ2n) is 4.15. The van der Waals surface area contributed by atoms with Crippen molar-refractivity contribution in [2.45, 2.75) is 31.5 Å². The third-order valence-electron chi connectivity index (χ3n) is 2.77. The first-order valence-electron chi connectivity index (χ1n) is 5.49. The first-order chi connectivity index (χ1) is 8.30. The van der Waals surface area contributed by atoms with Crippen molar-refractivity contribution in [3.05, 3.63) is 0 Å². The quantitative estimate of drug-likeness (QED) is 0.796. The van der Waals surface area contributed by atoms with Gasteiger partial charge in [-0.3, -0.25) is 4.79 Å². The molecule has 0 aliphatic carbocycles. The number of carboxylic acids is 1. The molecule has 1 fully saturated rings. The lowest BCUT2D eigenvalue weighted by Gasteiger charge is -2.25. The Morgan fingerprint density at radius 3 is 2.33 bits per heavy atom. The van der Waals surface area contributed by atoms with Gasteiger partial charge in [-0.25, -0.2) is 4.79 Å². The minimum absolute atomic E-state index is 0.0134. The van der Waals surface area contributed by atoms with Crippen LogP contribution in [-0.2, 0) is 14.3 Å². The number of nitrogens with one attached hydrogen (secondary N) is 1. The van der Waals surface area contributed by atoms with E-state index in [1.165, 1.54) is 5.32 Å². The van der Waals surface area contributed by atoms with E-state index in [2.05, 4.69) is 0 Å². The van der Waals surface area contributed by atoms with Crippen LogP contribution in [0, 0.1) is 5.92 Å². The summed E-state index contributed by atoms with van der Waals surface area (Å²) >= 11 is 0. The number of hydrogen-bond donors (Lipinski definition) is 2. The number of ether oxygens (including phenoxy) is 1. The summed E-state index contributed by atoms with van der Waals surface area (Å²) in [5.41, 5.74) is 0. The number of carbonyl (C=O) groups excluding carboxylic acids is 1. The Morgan fingerprint density at radius 2 is 1.89 bits per heavy atom. The average molecular weight is 269 g/mol. The number of carbonyl (C=O) groups is 2. The number of amides is 1. The Bertz CT molecular complexity index is 313. The van der Waals surface area contributed by atoms with Crippen molar-refractivity contribution in [3.8, 4) is 0 Å². The summed E-state index contributed by atoms with van der Waals surface area (Å²) < 4.78 is 41.1. The summed E-state index contributed by atoms with van der Waals surface area (Å²) in [4.78, 5) is 21.5. The van der Waals surface area contributed by atoms with E-state index in [-0.39, 0.29) is 12.3 Å². The molecule has 104 valence electrons. The predicted molar refractivity (Wildman–Crippen MR) is 53.8 cm³/mol. The maximum Gasteiger partial charge on any atom is 0.471 e. The Balaban J connectivity index is 2.54. The van der Waals surface area contributed by atoms with Gasteiger partial charge in [0.25, 0.3) is 0 Å². The number of hydrogen-bond acceptors (Lipinski definition) is 3. The molecule has 0 aromatic heterocycles. The van der Waals surface area contributed by atoms with Crippen molar-refractivity contribution >= 4 is 11.9 Å². The van der Waals surface area contributed by atoms with Crippen LogP contribution in [0.3, 0.4) is 0 Å². The van der Waals surface area contributed by atoms with Crippen LogP contribution in [0.15, 0.2) is 0 Å². The Morgan fingerprint density at radius 1 is 1.33 bits per heavy atom. The van der Waals surface area contributed by atoms with Gasteiger partial charge in [0.2, 0.25) is 0 Å². The Kier molecular flexibility index (Phi) is 4.94. The summed E-state index contributed by atoms with van der Waals surface area (Å²) in [5, 5.41) is 10.3. The minimum Gasteiger partial charge on any atom is -0.480 e. The van der Waals surface area contributed by atoms with E-state index >= 15 is 0 Å². The lowest BCUT2D eigenvalue weighted by Crippen LogP contribution is -2.47. The Labute approximate surface area is 101 Å². The highest BCUT2D eigenvalue weighted by molar-refractivity contribution is 5.86. The molecule has 18 heavy (non-hydrogen) atoms. The molecule has 1 unspecified atom stereocenters. The van der Waals surface area contributed by atoms with Gasteiger partial charge in [-0.15, -0.1) is 0 Å². The van der Waals surface area contributed by atoms with Crippen LogP contribution in [0.1, 0.15) is 19.3 Å². The molecule has 2 N–H and O–H groups in total. The van der Waals surface area contributed by atoms with Crippen molar-refractivity contribution in [2.24, 2.45) is 5.92 Å². The molecule has 0 bridgehead atoms. The molecule has 1 aliphatic heterocycles. The number of alkyl halides is 3. The summed E-state index contributed by atoms with van der Waals surface area (Å²) in [6, 6.07) is -1.51. The van der Waals surface area contributed by atoms with Gasteiger partial charge in [0.05, 0.1) is 0 Å². The fourth-order valence-electron chi connectivity index (χ4n) is 1.78. The van der Waals surface area contributed by atoms with E-state index in [0.717, 1.165) is 0 Å². The van der Waals surface area contributed by atoms with Crippen LogP contribution in [0.4, 0.5) is 13.2 Å². The Hall–Kier alpha value is -1.31. The summed E-state index contributed by atoms with van der Waals surface area (Å²) in [5.74, 6) is -3.73. The predicted octanol–water partition coefficient (Wildman–Crippen LogP) is 0.935. The van der Waals surface area contributed by atoms with Crippen LogP contribution >= 0.6 is 0 Å². The summed E-state index contributed by atoms with van der Waals surface area (Å²) in [6.45, 7) is 0.925.